The molecule has 0 bridgehead atoms. The van der Waals surface area contributed by atoms with E-state index in [2.05, 4.69) is 10.7 Å². The van der Waals surface area contributed by atoms with Gasteiger partial charge >= 0.3 is 5.97 Å². The van der Waals surface area contributed by atoms with Gasteiger partial charge in [0.15, 0.2) is 5.11 Å². The molecule has 0 unspecified atom stereocenters. The van der Waals surface area contributed by atoms with Gasteiger partial charge < -0.3 is 14.8 Å². The van der Waals surface area contributed by atoms with Crippen molar-refractivity contribution >= 4 is 39.6 Å². The zero-order valence-electron chi connectivity index (χ0n) is 15.3. The number of hydrazine groups is 1. The van der Waals surface area contributed by atoms with Crippen molar-refractivity contribution in [3.63, 3.8) is 0 Å². The highest BCUT2D eigenvalue weighted by molar-refractivity contribution is 7.80. The number of aryl methyl sites for hydroxylation is 1. The molecule has 2 heterocycles. The van der Waals surface area contributed by atoms with Crippen molar-refractivity contribution in [3.05, 3.63) is 16.0 Å². The van der Waals surface area contributed by atoms with E-state index in [1.807, 2.05) is 11.9 Å². The molecule has 1 aliphatic carbocycles. The van der Waals surface area contributed by atoms with E-state index in [0.717, 1.165) is 42.9 Å². The van der Waals surface area contributed by atoms with E-state index in [-0.39, 0.29) is 5.97 Å². The fraction of sp³-hybridized carbons (Fsp3) is 0.667. The van der Waals surface area contributed by atoms with Crippen LogP contribution in [0.1, 0.15) is 53.4 Å². The molecule has 0 atom stereocenters. The van der Waals surface area contributed by atoms with Gasteiger partial charge in [-0.25, -0.2) is 9.80 Å². The molecule has 26 heavy (non-hydrogen) atoms. The number of morpholine rings is 1. The van der Waals surface area contributed by atoms with Crippen LogP contribution in [0.5, 0.6) is 0 Å². The standard InChI is InChI=1S/C18H27N3O3S2/c1-2-24-17(22)15-13-7-5-3-4-6-8-14(13)26-16(15)19-18(25)20-21-9-11-23-12-10-21/h2-12H2,1H3,(H2,19,20,25). The molecule has 6 nitrogen and oxygen atoms in total. The van der Waals surface area contributed by atoms with E-state index in [1.165, 1.54) is 24.1 Å². The largest absolute Gasteiger partial charge is 0.462 e. The van der Waals surface area contributed by atoms with Crippen LogP contribution in [0.4, 0.5) is 5.00 Å². The van der Waals surface area contributed by atoms with Crippen molar-refractivity contribution in [1.82, 2.24) is 10.4 Å². The Balaban J connectivity index is 1.78. The summed E-state index contributed by atoms with van der Waals surface area (Å²) in [6.45, 7) is 5.17. The lowest BCUT2D eigenvalue weighted by molar-refractivity contribution is 0.0252. The smallest absolute Gasteiger partial charge is 0.341 e. The summed E-state index contributed by atoms with van der Waals surface area (Å²) in [5, 5.41) is 6.60. The number of thiophene rings is 1. The number of rotatable bonds is 4. The van der Waals surface area contributed by atoms with E-state index >= 15 is 0 Å². The van der Waals surface area contributed by atoms with Gasteiger partial charge in [0.2, 0.25) is 0 Å². The molecule has 0 saturated carbocycles. The summed E-state index contributed by atoms with van der Waals surface area (Å²) < 4.78 is 10.7. The number of esters is 1. The third-order valence-corrected chi connectivity index (χ3v) is 6.05. The number of thiocarbonyl (C=S) groups is 1. The Morgan fingerprint density at radius 1 is 1.23 bits per heavy atom. The summed E-state index contributed by atoms with van der Waals surface area (Å²) >= 11 is 7.12. The summed E-state index contributed by atoms with van der Waals surface area (Å²) in [6, 6.07) is 0. The fourth-order valence-corrected chi connectivity index (χ4v) is 4.95. The highest BCUT2D eigenvalue weighted by Crippen LogP contribution is 2.37. The molecule has 0 aromatic carbocycles. The van der Waals surface area contributed by atoms with Crippen LogP contribution in [0.15, 0.2) is 0 Å². The minimum absolute atomic E-state index is 0.248. The average Bonchev–Trinajstić information content (AvgIpc) is 2.92. The first-order chi connectivity index (χ1) is 12.7. The average molecular weight is 398 g/mol. The Hall–Kier alpha value is -1.22. The lowest BCUT2D eigenvalue weighted by Crippen LogP contribution is -2.49. The molecule has 0 radical (unpaired) electrons. The molecule has 0 amide bonds. The Morgan fingerprint density at radius 2 is 1.96 bits per heavy atom. The predicted molar refractivity (Wildman–Crippen MR) is 108 cm³/mol. The number of hydrogen-bond donors (Lipinski definition) is 2. The number of fused-ring (bicyclic) bond motifs is 1. The summed E-state index contributed by atoms with van der Waals surface area (Å²) in [4.78, 5) is 13.9. The summed E-state index contributed by atoms with van der Waals surface area (Å²) in [5.41, 5.74) is 5.04. The molecule has 144 valence electrons. The van der Waals surface area contributed by atoms with Crippen molar-refractivity contribution in [2.75, 3.05) is 38.2 Å². The Morgan fingerprint density at radius 3 is 2.69 bits per heavy atom. The second-order valence-electron chi connectivity index (χ2n) is 6.51. The maximum atomic E-state index is 12.6. The van der Waals surface area contributed by atoms with Gasteiger partial charge in [0.25, 0.3) is 0 Å². The number of nitrogens with zero attached hydrogens (tertiary/aromatic N) is 1. The van der Waals surface area contributed by atoms with Crippen molar-refractivity contribution in [1.29, 1.82) is 0 Å². The molecule has 3 rings (SSSR count). The number of hydrogen-bond acceptors (Lipinski definition) is 6. The van der Waals surface area contributed by atoms with Crippen LogP contribution in [0.25, 0.3) is 0 Å². The lowest BCUT2D eigenvalue weighted by Gasteiger charge is -2.28. The van der Waals surface area contributed by atoms with E-state index in [0.29, 0.717) is 30.5 Å². The van der Waals surface area contributed by atoms with Gasteiger partial charge in [0.1, 0.15) is 5.00 Å². The minimum Gasteiger partial charge on any atom is -0.462 e. The summed E-state index contributed by atoms with van der Waals surface area (Å²) in [7, 11) is 0. The zero-order chi connectivity index (χ0) is 18.4. The molecule has 1 saturated heterocycles. The number of carbonyl (C=O) groups is 1. The first-order valence-corrected chi connectivity index (χ1v) is 10.6. The van der Waals surface area contributed by atoms with Gasteiger partial charge in [-0.05, 0) is 50.4 Å². The van der Waals surface area contributed by atoms with E-state index in [9.17, 15) is 4.79 Å². The van der Waals surface area contributed by atoms with Gasteiger partial charge in [-0.15, -0.1) is 11.3 Å². The lowest BCUT2D eigenvalue weighted by atomic mass is 9.96. The molecule has 0 spiro atoms. The summed E-state index contributed by atoms with van der Waals surface area (Å²) in [5.74, 6) is -0.248. The third kappa shape index (κ3) is 4.94. The third-order valence-electron chi connectivity index (χ3n) is 4.65. The highest BCUT2D eigenvalue weighted by atomic mass is 32.1. The normalized spacial score (nSPS) is 18.3. The second-order valence-corrected chi connectivity index (χ2v) is 8.02. The summed E-state index contributed by atoms with van der Waals surface area (Å²) in [6.07, 6.45) is 6.73. The van der Waals surface area contributed by atoms with Crippen molar-refractivity contribution < 1.29 is 14.3 Å². The molecule has 1 aliphatic heterocycles. The molecule has 2 N–H and O–H groups in total. The van der Waals surface area contributed by atoms with Crippen LogP contribution in [0.2, 0.25) is 0 Å². The first kappa shape index (κ1) is 19.5. The Bertz CT molecular complexity index is 642. The number of nitrogens with one attached hydrogen (secondary N) is 2. The molecular weight excluding hydrogens is 370 g/mol. The quantitative estimate of drug-likeness (QED) is 0.598. The van der Waals surface area contributed by atoms with Crippen LogP contribution in [-0.2, 0) is 22.3 Å². The van der Waals surface area contributed by atoms with Crippen molar-refractivity contribution in [2.45, 2.75) is 45.4 Å². The fourth-order valence-electron chi connectivity index (χ4n) is 3.38. The Kier molecular flexibility index (Phi) is 7.24. The van der Waals surface area contributed by atoms with E-state index in [1.54, 1.807) is 11.3 Å². The molecule has 1 aromatic rings. The van der Waals surface area contributed by atoms with Crippen LogP contribution < -0.4 is 10.7 Å². The maximum Gasteiger partial charge on any atom is 0.341 e. The minimum atomic E-state index is -0.248. The predicted octanol–water partition coefficient (Wildman–Crippen LogP) is 3.12. The topological polar surface area (TPSA) is 62.8 Å². The van der Waals surface area contributed by atoms with E-state index < -0.39 is 0 Å². The van der Waals surface area contributed by atoms with Gasteiger partial charge in [-0.2, -0.15) is 0 Å². The van der Waals surface area contributed by atoms with E-state index in [4.69, 9.17) is 21.7 Å². The van der Waals surface area contributed by atoms with Crippen molar-refractivity contribution in [2.24, 2.45) is 0 Å². The zero-order valence-corrected chi connectivity index (χ0v) is 16.9. The molecular formula is C18H27N3O3S2. The van der Waals surface area contributed by atoms with Gasteiger partial charge in [-0.3, -0.25) is 5.43 Å². The van der Waals surface area contributed by atoms with Crippen molar-refractivity contribution in [3.8, 4) is 0 Å². The SMILES string of the molecule is CCOC(=O)c1c(NC(=S)NN2CCOCC2)sc2c1CCCCCC2. The first-order valence-electron chi connectivity index (χ1n) is 9.41. The number of carbonyl (C=O) groups excluding carboxylic acids is 1. The van der Waals surface area contributed by atoms with Crippen LogP contribution >= 0.6 is 23.6 Å². The molecule has 1 fully saturated rings. The van der Waals surface area contributed by atoms with Crippen LogP contribution in [-0.4, -0.2) is 49.0 Å². The monoisotopic (exact) mass is 397 g/mol. The highest BCUT2D eigenvalue weighted by Gasteiger charge is 2.26. The molecule has 2 aliphatic rings. The van der Waals surface area contributed by atoms with Crippen LogP contribution in [0, 0.1) is 0 Å². The number of anilines is 1. The Labute approximate surface area is 164 Å². The number of ether oxygens (including phenoxy) is 2. The molecule has 1 aromatic heterocycles. The molecule has 8 heteroatoms. The van der Waals surface area contributed by atoms with Crippen LogP contribution in [0.3, 0.4) is 0 Å². The maximum absolute atomic E-state index is 12.6. The van der Waals surface area contributed by atoms with Gasteiger partial charge in [-0.1, -0.05) is 12.8 Å². The van der Waals surface area contributed by atoms with Gasteiger partial charge in [0, 0.05) is 18.0 Å². The second kappa shape index (κ2) is 9.64. The van der Waals surface area contributed by atoms with Gasteiger partial charge in [0.05, 0.1) is 25.4 Å².